The first kappa shape index (κ1) is 14.1. The van der Waals surface area contributed by atoms with Crippen molar-refractivity contribution in [3.8, 4) is 0 Å². The average Bonchev–Trinajstić information content (AvgIpc) is 3.03. The van der Waals surface area contributed by atoms with Crippen molar-refractivity contribution in [1.29, 1.82) is 0 Å². The number of hydrogen-bond donors (Lipinski definition) is 1. The minimum absolute atomic E-state index is 0.0509. The Bertz CT molecular complexity index is 555. The van der Waals surface area contributed by atoms with Crippen LogP contribution in [0.25, 0.3) is 0 Å². The molecule has 120 valence electrons. The zero-order chi connectivity index (χ0) is 15.1. The number of nitrogens with zero attached hydrogens (tertiary/aromatic N) is 3. The SMILES string of the molecule is O=C1N(O)[C@@H]2CC[C@@H](c3cc(CCCC4CCC4)on3)N1C2. The molecule has 0 radical (unpaired) electrons. The third kappa shape index (κ3) is 2.39. The second kappa shape index (κ2) is 5.57. The van der Waals surface area contributed by atoms with E-state index in [0.717, 1.165) is 48.1 Å². The van der Waals surface area contributed by atoms with E-state index in [1.165, 1.54) is 25.7 Å². The monoisotopic (exact) mass is 305 g/mol. The van der Waals surface area contributed by atoms with Crippen LogP contribution in [0.2, 0.25) is 0 Å². The summed E-state index contributed by atoms with van der Waals surface area (Å²) in [5, 5.41) is 14.8. The van der Waals surface area contributed by atoms with Gasteiger partial charge in [0.1, 0.15) is 11.5 Å². The van der Waals surface area contributed by atoms with Crippen molar-refractivity contribution in [2.75, 3.05) is 6.54 Å². The standard InChI is InChI=1S/C16H23N3O3/c20-16-18-10-12(19(16)21)7-8-15(18)14-9-13(22-17-14)6-2-5-11-3-1-4-11/h9,11-12,15,21H,1-8,10H2/t12-,15+/m1/s1. The zero-order valence-electron chi connectivity index (χ0n) is 12.8. The summed E-state index contributed by atoms with van der Waals surface area (Å²) in [4.78, 5) is 13.7. The lowest BCUT2D eigenvalue weighted by molar-refractivity contribution is -0.0584. The largest absolute Gasteiger partial charge is 0.361 e. The second-order valence-electron chi connectivity index (χ2n) is 6.93. The van der Waals surface area contributed by atoms with Gasteiger partial charge in [-0.25, -0.2) is 9.86 Å². The number of urea groups is 1. The van der Waals surface area contributed by atoms with E-state index in [9.17, 15) is 10.0 Å². The molecule has 2 aliphatic heterocycles. The van der Waals surface area contributed by atoms with E-state index < -0.39 is 0 Å². The van der Waals surface area contributed by atoms with Crippen LogP contribution in [-0.4, -0.2) is 38.9 Å². The van der Waals surface area contributed by atoms with Crippen molar-refractivity contribution in [1.82, 2.24) is 15.1 Å². The molecule has 2 amide bonds. The van der Waals surface area contributed by atoms with Crippen LogP contribution in [0.4, 0.5) is 4.79 Å². The van der Waals surface area contributed by atoms with Gasteiger partial charge < -0.3 is 9.42 Å². The first-order chi connectivity index (χ1) is 10.7. The molecule has 1 aromatic heterocycles. The van der Waals surface area contributed by atoms with Crippen molar-refractivity contribution in [2.45, 2.75) is 63.5 Å². The van der Waals surface area contributed by atoms with Gasteiger partial charge in [-0.3, -0.25) is 5.21 Å². The maximum absolute atomic E-state index is 12.0. The quantitative estimate of drug-likeness (QED) is 0.849. The molecule has 2 saturated heterocycles. The summed E-state index contributed by atoms with van der Waals surface area (Å²) in [7, 11) is 0. The topological polar surface area (TPSA) is 69.8 Å². The Labute approximate surface area is 130 Å². The maximum Gasteiger partial charge on any atom is 0.344 e. The lowest BCUT2D eigenvalue weighted by Gasteiger charge is -2.28. The zero-order valence-corrected chi connectivity index (χ0v) is 12.8. The van der Waals surface area contributed by atoms with Gasteiger partial charge in [0, 0.05) is 19.0 Å². The number of hydrogen-bond acceptors (Lipinski definition) is 4. The van der Waals surface area contributed by atoms with E-state index in [4.69, 9.17) is 4.52 Å². The van der Waals surface area contributed by atoms with Gasteiger partial charge in [0.25, 0.3) is 0 Å². The summed E-state index contributed by atoms with van der Waals surface area (Å²) in [6.07, 6.45) is 9.18. The highest BCUT2D eigenvalue weighted by Crippen LogP contribution is 2.37. The molecule has 3 heterocycles. The summed E-state index contributed by atoms with van der Waals surface area (Å²) < 4.78 is 5.46. The molecular weight excluding hydrogens is 282 g/mol. The van der Waals surface area contributed by atoms with E-state index in [1.54, 1.807) is 4.90 Å². The van der Waals surface area contributed by atoms with E-state index >= 15 is 0 Å². The minimum atomic E-state index is -0.304. The summed E-state index contributed by atoms with van der Waals surface area (Å²) >= 11 is 0. The fourth-order valence-corrected chi connectivity index (χ4v) is 3.91. The normalized spacial score (nSPS) is 28.3. The van der Waals surface area contributed by atoms with Crippen molar-refractivity contribution < 1.29 is 14.5 Å². The molecule has 3 fully saturated rings. The molecular formula is C16H23N3O3. The summed E-state index contributed by atoms with van der Waals surface area (Å²) in [6, 6.07) is 1.59. The third-order valence-electron chi connectivity index (χ3n) is 5.52. The average molecular weight is 305 g/mol. The van der Waals surface area contributed by atoms with Crippen LogP contribution in [0.3, 0.4) is 0 Å². The minimum Gasteiger partial charge on any atom is -0.361 e. The predicted molar refractivity (Wildman–Crippen MR) is 78.3 cm³/mol. The van der Waals surface area contributed by atoms with Gasteiger partial charge in [-0.15, -0.1) is 0 Å². The number of carbonyl (C=O) groups excluding carboxylic acids is 1. The van der Waals surface area contributed by atoms with Gasteiger partial charge in [0.2, 0.25) is 0 Å². The van der Waals surface area contributed by atoms with Gasteiger partial charge in [-0.1, -0.05) is 30.8 Å². The van der Waals surface area contributed by atoms with E-state index in [-0.39, 0.29) is 18.1 Å². The van der Waals surface area contributed by atoms with Crippen LogP contribution in [-0.2, 0) is 6.42 Å². The fraction of sp³-hybridized carbons (Fsp3) is 0.750. The van der Waals surface area contributed by atoms with Crippen molar-refractivity contribution in [2.24, 2.45) is 5.92 Å². The maximum atomic E-state index is 12.0. The summed E-state index contributed by atoms with van der Waals surface area (Å²) in [5.41, 5.74) is 0.834. The Hall–Kier alpha value is -1.56. The highest BCUT2D eigenvalue weighted by molar-refractivity contribution is 5.76. The molecule has 1 N–H and O–H groups in total. The smallest absolute Gasteiger partial charge is 0.344 e. The molecule has 6 heteroatoms. The van der Waals surface area contributed by atoms with Crippen LogP contribution in [0, 0.1) is 5.92 Å². The van der Waals surface area contributed by atoms with Crippen molar-refractivity contribution in [3.63, 3.8) is 0 Å². The number of fused-ring (bicyclic) bond motifs is 2. The summed E-state index contributed by atoms with van der Waals surface area (Å²) in [5.74, 6) is 1.85. The molecule has 0 spiro atoms. The van der Waals surface area contributed by atoms with Crippen molar-refractivity contribution >= 4 is 6.03 Å². The Morgan fingerprint density at radius 2 is 2.18 bits per heavy atom. The van der Waals surface area contributed by atoms with Gasteiger partial charge in [-0.05, 0) is 25.2 Å². The Morgan fingerprint density at radius 1 is 1.32 bits per heavy atom. The highest BCUT2D eigenvalue weighted by Gasteiger charge is 2.45. The molecule has 2 atom stereocenters. The molecule has 2 bridgehead atoms. The number of aryl methyl sites for hydroxylation is 1. The molecule has 1 aromatic rings. The van der Waals surface area contributed by atoms with Gasteiger partial charge >= 0.3 is 6.03 Å². The number of hydroxylamine groups is 2. The van der Waals surface area contributed by atoms with E-state index in [0.29, 0.717) is 6.54 Å². The summed E-state index contributed by atoms with van der Waals surface area (Å²) in [6.45, 7) is 0.587. The van der Waals surface area contributed by atoms with Crippen molar-refractivity contribution in [3.05, 3.63) is 17.5 Å². The fourth-order valence-electron chi connectivity index (χ4n) is 3.91. The number of piperidine rings is 1. The van der Waals surface area contributed by atoms with Crippen LogP contribution in [0.5, 0.6) is 0 Å². The first-order valence-corrected chi connectivity index (χ1v) is 8.46. The van der Waals surface area contributed by atoms with Gasteiger partial charge in [-0.2, -0.15) is 0 Å². The Balaban J connectivity index is 1.37. The molecule has 3 aliphatic rings. The van der Waals surface area contributed by atoms with Crippen LogP contribution in [0.15, 0.2) is 10.6 Å². The van der Waals surface area contributed by atoms with E-state index in [1.807, 2.05) is 6.07 Å². The number of rotatable bonds is 5. The van der Waals surface area contributed by atoms with Gasteiger partial charge in [0.05, 0.1) is 12.1 Å². The second-order valence-corrected chi connectivity index (χ2v) is 6.93. The molecule has 4 rings (SSSR count). The molecule has 1 aliphatic carbocycles. The number of carbonyl (C=O) groups is 1. The number of amides is 2. The molecule has 6 nitrogen and oxygen atoms in total. The lowest BCUT2D eigenvalue weighted by Crippen LogP contribution is -2.34. The van der Waals surface area contributed by atoms with Crippen LogP contribution in [0.1, 0.15) is 62.4 Å². The van der Waals surface area contributed by atoms with Crippen LogP contribution < -0.4 is 0 Å². The molecule has 22 heavy (non-hydrogen) atoms. The lowest BCUT2D eigenvalue weighted by atomic mass is 9.82. The molecule has 0 unspecified atom stereocenters. The Kier molecular flexibility index (Phi) is 3.56. The highest BCUT2D eigenvalue weighted by atomic mass is 16.5. The number of aromatic nitrogens is 1. The predicted octanol–water partition coefficient (Wildman–Crippen LogP) is 3.13. The Morgan fingerprint density at radius 3 is 2.95 bits per heavy atom. The van der Waals surface area contributed by atoms with E-state index in [2.05, 4.69) is 5.16 Å². The molecule has 0 aromatic carbocycles. The van der Waals surface area contributed by atoms with Crippen LogP contribution >= 0.6 is 0 Å². The third-order valence-corrected chi connectivity index (χ3v) is 5.52. The van der Waals surface area contributed by atoms with Gasteiger partial charge in [0.15, 0.2) is 0 Å². The molecule has 1 saturated carbocycles. The first-order valence-electron chi connectivity index (χ1n) is 8.46.